The fourth-order valence-corrected chi connectivity index (χ4v) is 1.79. The summed E-state index contributed by atoms with van der Waals surface area (Å²) < 4.78 is 7.11. The molecule has 0 atom stereocenters. The fourth-order valence-electron chi connectivity index (χ4n) is 1.79. The molecule has 0 bridgehead atoms. The Kier molecular flexibility index (Phi) is 4.35. The molecule has 2 rings (SSSR count). The summed E-state index contributed by atoms with van der Waals surface area (Å²) in [6, 6.07) is 0. The molecule has 20 heavy (non-hydrogen) atoms. The number of nitrogens with one attached hydrogen (secondary N) is 2. The topological polar surface area (TPSA) is 105 Å². The second kappa shape index (κ2) is 6.02. The summed E-state index contributed by atoms with van der Waals surface area (Å²) in [4.78, 5) is 25.9. The number of aromatic carboxylic acids is 1. The third kappa shape index (κ3) is 3.78. The van der Waals surface area contributed by atoms with Gasteiger partial charge in [-0.2, -0.15) is 0 Å². The Labute approximate surface area is 116 Å². The van der Waals surface area contributed by atoms with Crippen molar-refractivity contribution in [1.82, 2.24) is 20.2 Å². The van der Waals surface area contributed by atoms with Gasteiger partial charge in [-0.15, -0.1) is 0 Å². The predicted octanol–water partition coefficient (Wildman–Crippen LogP) is -0.924. The van der Waals surface area contributed by atoms with E-state index in [4.69, 9.17) is 9.84 Å². The Balaban J connectivity index is 1.64. The Morgan fingerprint density at radius 2 is 2.35 bits per heavy atom. The Bertz CT molecular complexity index is 495. The molecule has 110 valence electrons. The number of amides is 1. The van der Waals surface area contributed by atoms with Crippen LogP contribution in [0.5, 0.6) is 0 Å². The minimum atomic E-state index is -1.07. The van der Waals surface area contributed by atoms with Crippen LogP contribution in [0.15, 0.2) is 12.5 Å². The maximum absolute atomic E-state index is 11.6. The van der Waals surface area contributed by atoms with E-state index in [1.165, 1.54) is 12.5 Å². The molecule has 1 amide bonds. The van der Waals surface area contributed by atoms with Gasteiger partial charge in [-0.05, 0) is 6.92 Å². The largest absolute Gasteiger partial charge is 0.476 e. The van der Waals surface area contributed by atoms with E-state index in [1.807, 2.05) is 6.92 Å². The molecule has 0 saturated carbocycles. The van der Waals surface area contributed by atoms with Crippen LogP contribution in [0.3, 0.4) is 0 Å². The first-order valence-corrected chi connectivity index (χ1v) is 6.35. The van der Waals surface area contributed by atoms with Crippen LogP contribution in [0.4, 0.5) is 0 Å². The smallest absolute Gasteiger partial charge is 0.356 e. The van der Waals surface area contributed by atoms with E-state index in [2.05, 4.69) is 15.6 Å². The van der Waals surface area contributed by atoms with Crippen LogP contribution in [-0.2, 0) is 16.1 Å². The van der Waals surface area contributed by atoms with Crippen molar-refractivity contribution in [3.05, 3.63) is 18.2 Å². The summed E-state index contributed by atoms with van der Waals surface area (Å²) in [6.07, 6.45) is 2.85. The van der Waals surface area contributed by atoms with Gasteiger partial charge in [0.1, 0.15) is 6.61 Å². The molecule has 1 aromatic heterocycles. The number of imidazole rings is 1. The molecule has 0 spiro atoms. The van der Waals surface area contributed by atoms with Crippen LogP contribution in [0.1, 0.15) is 17.4 Å². The van der Waals surface area contributed by atoms with Crippen LogP contribution < -0.4 is 10.6 Å². The zero-order chi connectivity index (χ0) is 14.6. The normalized spacial score (nSPS) is 16.4. The molecule has 0 aliphatic carbocycles. The fraction of sp³-hybridized carbons (Fsp3) is 0.583. The first kappa shape index (κ1) is 14.5. The highest BCUT2D eigenvalue weighted by atomic mass is 16.5. The Morgan fingerprint density at radius 1 is 1.60 bits per heavy atom. The highest BCUT2D eigenvalue weighted by Gasteiger charge is 2.32. The second-order valence-corrected chi connectivity index (χ2v) is 4.99. The Morgan fingerprint density at radius 3 is 2.90 bits per heavy atom. The van der Waals surface area contributed by atoms with Crippen LogP contribution in [-0.4, -0.2) is 58.4 Å². The number of aromatic nitrogens is 2. The molecule has 3 N–H and O–H groups in total. The monoisotopic (exact) mass is 282 g/mol. The summed E-state index contributed by atoms with van der Waals surface area (Å²) in [5, 5.41) is 14.5. The van der Waals surface area contributed by atoms with Gasteiger partial charge < -0.3 is 25.0 Å². The molecule has 1 saturated heterocycles. The van der Waals surface area contributed by atoms with Gasteiger partial charge in [-0.25, -0.2) is 9.78 Å². The van der Waals surface area contributed by atoms with Gasteiger partial charge in [0.2, 0.25) is 5.91 Å². The van der Waals surface area contributed by atoms with Crippen LogP contribution in [0.2, 0.25) is 0 Å². The number of carbonyl (C=O) groups excluding carboxylic acids is 1. The number of hydrogen-bond donors (Lipinski definition) is 3. The second-order valence-electron chi connectivity index (χ2n) is 4.99. The van der Waals surface area contributed by atoms with Gasteiger partial charge in [0, 0.05) is 32.4 Å². The van der Waals surface area contributed by atoms with Crippen molar-refractivity contribution in [1.29, 1.82) is 0 Å². The first-order chi connectivity index (χ1) is 9.48. The van der Waals surface area contributed by atoms with E-state index in [9.17, 15) is 9.59 Å². The van der Waals surface area contributed by atoms with Gasteiger partial charge >= 0.3 is 5.97 Å². The molecule has 2 heterocycles. The minimum absolute atomic E-state index is 0.00920. The number of ether oxygens (including phenoxy) is 1. The molecule has 0 aromatic carbocycles. The van der Waals surface area contributed by atoms with E-state index in [0.29, 0.717) is 13.1 Å². The molecule has 8 nitrogen and oxygen atoms in total. The lowest BCUT2D eigenvalue weighted by molar-refractivity contribution is -0.135. The highest BCUT2D eigenvalue weighted by Crippen LogP contribution is 2.14. The lowest BCUT2D eigenvalue weighted by Gasteiger charge is -2.38. The summed E-state index contributed by atoms with van der Waals surface area (Å²) in [7, 11) is 0. The summed E-state index contributed by atoms with van der Waals surface area (Å²) in [6.45, 7) is 4.36. The van der Waals surface area contributed by atoms with E-state index in [1.54, 1.807) is 4.57 Å². The number of rotatable bonds is 7. The Hall–Kier alpha value is -1.93. The third-order valence-corrected chi connectivity index (χ3v) is 3.09. The molecular weight excluding hydrogens is 264 g/mol. The number of hydrogen-bond acceptors (Lipinski definition) is 5. The van der Waals surface area contributed by atoms with Gasteiger partial charge in [0.05, 0.1) is 11.9 Å². The number of nitrogens with zero attached hydrogens (tertiary/aromatic N) is 2. The average molecular weight is 282 g/mol. The standard InChI is InChI=1S/C12H18N4O4/c1-12(6-13-7-12)20-5-10(17)14-2-3-16-4-9(11(18)19)15-8-16/h4,8,13H,2-3,5-7H2,1H3,(H,14,17)(H,18,19). The SMILES string of the molecule is CC1(OCC(=O)NCCn2cnc(C(=O)O)c2)CNC1. The van der Waals surface area contributed by atoms with E-state index >= 15 is 0 Å². The summed E-state index contributed by atoms with van der Waals surface area (Å²) >= 11 is 0. The van der Waals surface area contributed by atoms with E-state index in [-0.39, 0.29) is 23.8 Å². The van der Waals surface area contributed by atoms with Gasteiger partial charge in [-0.1, -0.05) is 0 Å². The minimum Gasteiger partial charge on any atom is -0.476 e. The molecular formula is C12H18N4O4. The van der Waals surface area contributed by atoms with Crippen molar-refractivity contribution < 1.29 is 19.4 Å². The molecule has 8 heteroatoms. The van der Waals surface area contributed by atoms with Crippen molar-refractivity contribution in [2.24, 2.45) is 0 Å². The summed E-state index contributed by atoms with van der Waals surface area (Å²) in [5.74, 6) is -1.25. The van der Waals surface area contributed by atoms with Crippen LogP contribution in [0.25, 0.3) is 0 Å². The van der Waals surface area contributed by atoms with E-state index < -0.39 is 5.97 Å². The van der Waals surface area contributed by atoms with Gasteiger partial charge in [-0.3, -0.25) is 4.79 Å². The van der Waals surface area contributed by atoms with Crippen molar-refractivity contribution in [2.75, 3.05) is 26.2 Å². The van der Waals surface area contributed by atoms with Crippen molar-refractivity contribution >= 4 is 11.9 Å². The quantitative estimate of drug-likeness (QED) is 0.597. The summed E-state index contributed by atoms with van der Waals surface area (Å²) in [5.41, 5.74) is -0.247. The van der Waals surface area contributed by atoms with Gasteiger partial charge in [0.25, 0.3) is 0 Å². The lowest BCUT2D eigenvalue weighted by atomic mass is 10.0. The molecule has 1 aromatic rings. The average Bonchev–Trinajstić information content (AvgIpc) is 2.83. The molecule has 1 fully saturated rings. The van der Waals surface area contributed by atoms with E-state index in [0.717, 1.165) is 13.1 Å². The highest BCUT2D eigenvalue weighted by molar-refractivity contribution is 5.84. The molecule has 1 aliphatic rings. The zero-order valence-corrected chi connectivity index (χ0v) is 11.3. The number of carbonyl (C=O) groups is 2. The van der Waals surface area contributed by atoms with Crippen molar-refractivity contribution in [3.8, 4) is 0 Å². The van der Waals surface area contributed by atoms with Crippen molar-refractivity contribution in [3.63, 3.8) is 0 Å². The molecule has 0 radical (unpaired) electrons. The number of carboxylic acid groups (broad SMARTS) is 1. The molecule has 0 unspecified atom stereocenters. The first-order valence-electron chi connectivity index (χ1n) is 6.35. The predicted molar refractivity (Wildman–Crippen MR) is 69.4 cm³/mol. The molecule has 1 aliphatic heterocycles. The maximum atomic E-state index is 11.6. The number of carboxylic acids is 1. The third-order valence-electron chi connectivity index (χ3n) is 3.09. The maximum Gasteiger partial charge on any atom is 0.356 e. The van der Waals surface area contributed by atoms with Crippen LogP contribution >= 0.6 is 0 Å². The zero-order valence-electron chi connectivity index (χ0n) is 11.3. The van der Waals surface area contributed by atoms with Crippen LogP contribution in [0, 0.1) is 0 Å². The lowest BCUT2D eigenvalue weighted by Crippen LogP contribution is -2.59. The van der Waals surface area contributed by atoms with Gasteiger partial charge in [0.15, 0.2) is 5.69 Å². The van der Waals surface area contributed by atoms with Crippen molar-refractivity contribution in [2.45, 2.75) is 19.1 Å².